The summed E-state index contributed by atoms with van der Waals surface area (Å²) in [5.41, 5.74) is 0. The van der Waals surface area contributed by atoms with E-state index in [1.165, 1.54) is 11.9 Å². The van der Waals surface area contributed by atoms with Gasteiger partial charge in [-0.05, 0) is 18.9 Å². The summed E-state index contributed by atoms with van der Waals surface area (Å²) in [7, 11) is 1.52. The number of halogens is 2. The number of hydrogen-bond donors (Lipinski definition) is 0. The lowest BCUT2D eigenvalue weighted by molar-refractivity contribution is -0.147. The molecule has 1 saturated heterocycles. The zero-order valence-electron chi connectivity index (χ0n) is 11.6. The second-order valence-electron chi connectivity index (χ2n) is 4.84. The number of likely N-dealkylation sites (N-methyl/N-ethyl adjacent to an activating group) is 1. The molecule has 0 N–H and O–H groups in total. The summed E-state index contributed by atoms with van der Waals surface area (Å²) in [6.07, 6.45) is 2.66. The summed E-state index contributed by atoms with van der Waals surface area (Å²) >= 11 is 0. The van der Waals surface area contributed by atoms with Crippen LogP contribution in [0.3, 0.4) is 0 Å². The van der Waals surface area contributed by atoms with Crippen molar-refractivity contribution in [1.82, 2.24) is 9.80 Å². The normalized spacial score (nSPS) is 19.0. The van der Waals surface area contributed by atoms with Crippen molar-refractivity contribution in [3.63, 3.8) is 0 Å². The van der Waals surface area contributed by atoms with E-state index in [2.05, 4.69) is 11.3 Å². The number of amides is 2. The highest BCUT2D eigenvalue weighted by atomic mass is 19.3. The molecule has 114 valence electrons. The Labute approximate surface area is 117 Å². The van der Waals surface area contributed by atoms with Crippen molar-refractivity contribution >= 4 is 11.8 Å². The van der Waals surface area contributed by atoms with Crippen molar-refractivity contribution in [2.24, 2.45) is 5.92 Å². The fourth-order valence-electron chi connectivity index (χ4n) is 2.17. The average molecular weight is 290 g/mol. The van der Waals surface area contributed by atoms with E-state index < -0.39 is 6.61 Å². The number of rotatable bonds is 6. The number of nitrogens with zero attached hydrogens (tertiary/aromatic N) is 2. The minimum Gasteiger partial charge on any atom is -0.341 e. The van der Waals surface area contributed by atoms with Gasteiger partial charge in [0.15, 0.2) is 0 Å². The number of carbonyl (C=O) groups excluding carboxylic acids is 2. The molecule has 2 amide bonds. The van der Waals surface area contributed by atoms with Crippen LogP contribution >= 0.6 is 0 Å². The predicted octanol–water partition coefficient (Wildman–Crippen LogP) is 1.11. The zero-order valence-corrected chi connectivity index (χ0v) is 11.6. The van der Waals surface area contributed by atoms with E-state index in [-0.39, 0.29) is 30.9 Å². The van der Waals surface area contributed by atoms with E-state index in [1.54, 1.807) is 4.90 Å². The van der Waals surface area contributed by atoms with Crippen LogP contribution in [0.2, 0.25) is 0 Å². The highest BCUT2D eigenvalue weighted by Crippen LogP contribution is 2.18. The SMILES string of the molecule is C=CC(=O)N(C)CC(=O)N1CCCC(COC(F)F)C1. The van der Waals surface area contributed by atoms with Crippen molar-refractivity contribution in [2.45, 2.75) is 19.5 Å². The number of ether oxygens (including phenoxy) is 1. The van der Waals surface area contributed by atoms with Crippen LogP contribution in [0.4, 0.5) is 8.78 Å². The maximum atomic E-state index is 12.0. The molecule has 1 rings (SSSR count). The van der Waals surface area contributed by atoms with Gasteiger partial charge in [0.2, 0.25) is 11.8 Å². The molecule has 0 aromatic rings. The molecule has 0 radical (unpaired) electrons. The highest BCUT2D eigenvalue weighted by molar-refractivity contribution is 5.90. The molecule has 1 fully saturated rings. The monoisotopic (exact) mass is 290 g/mol. The van der Waals surface area contributed by atoms with E-state index in [1.807, 2.05) is 0 Å². The number of likely N-dealkylation sites (tertiary alicyclic amines) is 1. The van der Waals surface area contributed by atoms with Gasteiger partial charge in [-0.1, -0.05) is 6.58 Å². The van der Waals surface area contributed by atoms with Gasteiger partial charge >= 0.3 is 6.61 Å². The minimum absolute atomic E-state index is 0.0344. The molecular weight excluding hydrogens is 270 g/mol. The molecule has 0 aliphatic carbocycles. The van der Waals surface area contributed by atoms with Gasteiger partial charge in [-0.3, -0.25) is 9.59 Å². The standard InChI is InChI=1S/C13H20F2N2O3/c1-3-11(18)16(2)8-12(19)17-6-4-5-10(7-17)9-20-13(14)15/h3,10,13H,1,4-9H2,2H3. The molecule has 1 heterocycles. The molecule has 5 nitrogen and oxygen atoms in total. The Balaban J connectivity index is 2.43. The lowest BCUT2D eigenvalue weighted by atomic mass is 9.99. The summed E-state index contributed by atoms with van der Waals surface area (Å²) in [4.78, 5) is 26.2. The fourth-order valence-corrected chi connectivity index (χ4v) is 2.17. The summed E-state index contributed by atoms with van der Waals surface area (Å²) < 4.78 is 28.3. The van der Waals surface area contributed by atoms with Gasteiger partial charge in [0.05, 0.1) is 13.2 Å². The smallest absolute Gasteiger partial charge is 0.341 e. The lowest BCUT2D eigenvalue weighted by Gasteiger charge is -2.33. The summed E-state index contributed by atoms with van der Waals surface area (Å²) in [5, 5.41) is 0. The third-order valence-electron chi connectivity index (χ3n) is 3.25. The molecule has 0 aromatic carbocycles. The van der Waals surface area contributed by atoms with Crippen molar-refractivity contribution in [3.8, 4) is 0 Å². The Morgan fingerprint density at radius 2 is 2.25 bits per heavy atom. The minimum atomic E-state index is -2.78. The lowest BCUT2D eigenvalue weighted by Crippen LogP contribution is -2.46. The molecular formula is C13H20F2N2O3. The fraction of sp³-hybridized carbons (Fsp3) is 0.692. The summed E-state index contributed by atoms with van der Waals surface area (Å²) in [6, 6.07) is 0. The third kappa shape index (κ3) is 5.24. The van der Waals surface area contributed by atoms with Gasteiger partial charge in [-0.15, -0.1) is 0 Å². The molecule has 1 unspecified atom stereocenters. The molecule has 1 aliphatic heterocycles. The first-order valence-electron chi connectivity index (χ1n) is 6.49. The van der Waals surface area contributed by atoms with E-state index in [0.717, 1.165) is 18.9 Å². The predicted molar refractivity (Wildman–Crippen MR) is 69.1 cm³/mol. The highest BCUT2D eigenvalue weighted by Gasteiger charge is 2.25. The Kier molecular flexibility index (Phi) is 6.57. The van der Waals surface area contributed by atoms with Crippen molar-refractivity contribution < 1.29 is 23.1 Å². The molecule has 0 bridgehead atoms. The van der Waals surface area contributed by atoms with Gasteiger partial charge in [0, 0.05) is 26.1 Å². The first-order chi connectivity index (χ1) is 9.43. The van der Waals surface area contributed by atoms with Crippen LogP contribution in [0.25, 0.3) is 0 Å². The largest absolute Gasteiger partial charge is 0.345 e. The van der Waals surface area contributed by atoms with Crippen LogP contribution in [-0.4, -0.2) is 61.5 Å². The van der Waals surface area contributed by atoms with Gasteiger partial charge in [0.25, 0.3) is 0 Å². The Bertz CT molecular complexity index is 364. The Hall–Kier alpha value is -1.50. The average Bonchev–Trinajstić information content (AvgIpc) is 2.44. The Morgan fingerprint density at radius 1 is 1.55 bits per heavy atom. The van der Waals surface area contributed by atoms with Crippen LogP contribution in [0.5, 0.6) is 0 Å². The van der Waals surface area contributed by atoms with E-state index in [9.17, 15) is 18.4 Å². The number of carbonyl (C=O) groups is 2. The van der Waals surface area contributed by atoms with E-state index >= 15 is 0 Å². The second-order valence-corrected chi connectivity index (χ2v) is 4.84. The summed E-state index contributed by atoms with van der Waals surface area (Å²) in [6.45, 7) is 1.46. The van der Waals surface area contributed by atoms with Crippen LogP contribution in [0.15, 0.2) is 12.7 Å². The van der Waals surface area contributed by atoms with E-state index in [4.69, 9.17) is 0 Å². The first kappa shape index (κ1) is 16.6. The number of hydrogen-bond acceptors (Lipinski definition) is 3. The summed E-state index contributed by atoms with van der Waals surface area (Å²) in [5.74, 6) is -0.598. The molecule has 20 heavy (non-hydrogen) atoms. The van der Waals surface area contributed by atoms with Crippen molar-refractivity contribution in [1.29, 1.82) is 0 Å². The van der Waals surface area contributed by atoms with Gasteiger partial charge in [0.1, 0.15) is 0 Å². The molecule has 0 spiro atoms. The van der Waals surface area contributed by atoms with Gasteiger partial charge < -0.3 is 14.5 Å². The quantitative estimate of drug-likeness (QED) is 0.689. The van der Waals surface area contributed by atoms with Crippen molar-refractivity contribution in [3.05, 3.63) is 12.7 Å². The van der Waals surface area contributed by atoms with Crippen LogP contribution in [-0.2, 0) is 14.3 Å². The Morgan fingerprint density at radius 3 is 2.85 bits per heavy atom. The topological polar surface area (TPSA) is 49.9 Å². The molecule has 7 heteroatoms. The third-order valence-corrected chi connectivity index (χ3v) is 3.25. The number of piperidine rings is 1. The first-order valence-corrected chi connectivity index (χ1v) is 6.49. The van der Waals surface area contributed by atoms with Gasteiger partial charge in [-0.25, -0.2) is 0 Å². The zero-order chi connectivity index (χ0) is 15.1. The van der Waals surface area contributed by atoms with Crippen LogP contribution in [0.1, 0.15) is 12.8 Å². The molecule has 0 saturated carbocycles. The van der Waals surface area contributed by atoms with Crippen LogP contribution in [0, 0.1) is 5.92 Å². The molecule has 1 atom stereocenters. The maximum Gasteiger partial charge on any atom is 0.345 e. The maximum absolute atomic E-state index is 12.0. The number of alkyl halides is 2. The van der Waals surface area contributed by atoms with Crippen molar-refractivity contribution in [2.75, 3.05) is 33.3 Å². The molecule has 0 aromatic heterocycles. The molecule has 1 aliphatic rings. The van der Waals surface area contributed by atoms with Gasteiger partial charge in [-0.2, -0.15) is 8.78 Å². The van der Waals surface area contributed by atoms with Crippen LogP contribution < -0.4 is 0 Å². The van der Waals surface area contributed by atoms with E-state index in [0.29, 0.717) is 13.1 Å². The second kappa shape index (κ2) is 7.94.